The highest BCUT2D eigenvalue weighted by molar-refractivity contribution is 7.88. The molecule has 114 valence electrons. The summed E-state index contributed by atoms with van der Waals surface area (Å²) in [6, 6.07) is 0. The molecule has 19 heavy (non-hydrogen) atoms. The molecule has 1 heterocycles. The Morgan fingerprint density at radius 1 is 1.32 bits per heavy atom. The Balaban J connectivity index is 2.13. The lowest BCUT2D eigenvalue weighted by Crippen LogP contribution is -2.42. The molecule has 0 aromatic rings. The van der Waals surface area contributed by atoms with Gasteiger partial charge in [0.2, 0.25) is 10.0 Å². The van der Waals surface area contributed by atoms with Gasteiger partial charge in [-0.2, -0.15) is 0 Å². The van der Waals surface area contributed by atoms with Gasteiger partial charge in [-0.1, -0.05) is 0 Å². The maximum atomic E-state index is 11.5. The van der Waals surface area contributed by atoms with Crippen LogP contribution in [0, 0.1) is 5.92 Å². The third kappa shape index (κ3) is 7.25. The first-order chi connectivity index (χ1) is 8.89. The highest BCUT2D eigenvalue weighted by Crippen LogP contribution is 2.17. The van der Waals surface area contributed by atoms with Gasteiger partial charge < -0.3 is 10.2 Å². The van der Waals surface area contributed by atoms with Crippen LogP contribution < -0.4 is 5.32 Å². The summed E-state index contributed by atoms with van der Waals surface area (Å²) in [6.07, 6.45) is 5.82. The number of nitrogens with zero attached hydrogens (tertiary/aromatic N) is 2. The van der Waals surface area contributed by atoms with Crippen molar-refractivity contribution in [1.82, 2.24) is 14.5 Å². The molecule has 0 bridgehead atoms. The Hall–Kier alpha value is -0.170. The fraction of sp³-hybridized carbons (Fsp3) is 1.00. The lowest BCUT2D eigenvalue weighted by atomic mass is 10.00. The van der Waals surface area contributed by atoms with Crippen molar-refractivity contribution in [1.29, 1.82) is 0 Å². The zero-order chi connectivity index (χ0) is 14.3. The van der Waals surface area contributed by atoms with Crippen LogP contribution >= 0.6 is 0 Å². The lowest BCUT2D eigenvalue weighted by Gasteiger charge is -2.31. The molecule has 1 unspecified atom stereocenters. The van der Waals surface area contributed by atoms with Gasteiger partial charge in [0, 0.05) is 13.1 Å². The van der Waals surface area contributed by atoms with Crippen molar-refractivity contribution >= 4 is 10.0 Å². The van der Waals surface area contributed by atoms with Crippen molar-refractivity contribution in [2.75, 3.05) is 53.1 Å². The van der Waals surface area contributed by atoms with Crippen molar-refractivity contribution in [3.8, 4) is 0 Å². The molecule has 0 saturated carbocycles. The lowest BCUT2D eigenvalue weighted by molar-refractivity contribution is 0.261. The van der Waals surface area contributed by atoms with Crippen LogP contribution in [-0.2, 0) is 10.0 Å². The van der Waals surface area contributed by atoms with Crippen LogP contribution in [0.15, 0.2) is 0 Å². The number of hydrogen-bond acceptors (Lipinski definition) is 4. The number of unbranched alkanes of at least 4 members (excludes halogenated alkanes) is 1. The third-order valence-corrected chi connectivity index (χ3v) is 4.86. The Labute approximate surface area is 118 Å². The Kier molecular flexibility index (Phi) is 7.28. The van der Waals surface area contributed by atoms with E-state index in [1.807, 2.05) is 0 Å². The average Bonchev–Trinajstić information content (AvgIpc) is 2.32. The molecule has 1 aliphatic rings. The van der Waals surface area contributed by atoms with Gasteiger partial charge in [-0.05, 0) is 65.3 Å². The molecule has 0 radical (unpaired) electrons. The molecule has 0 aliphatic carbocycles. The van der Waals surface area contributed by atoms with Gasteiger partial charge in [0.15, 0.2) is 0 Å². The van der Waals surface area contributed by atoms with Crippen LogP contribution in [0.3, 0.4) is 0 Å². The van der Waals surface area contributed by atoms with E-state index in [1.54, 1.807) is 4.31 Å². The smallest absolute Gasteiger partial charge is 0.211 e. The second kappa shape index (κ2) is 8.19. The van der Waals surface area contributed by atoms with Gasteiger partial charge in [0.05, 0.1) is 6.26 Å². The predicted molar refractivity (Wildman–Crippen MR) is 79.8 cm³/mol. The van der Waals surface area contributed by atoms with Gasteiger partial charge in [0.1, 0.15) is 0 Å². The molecule has 6 heteroatoms. The van der Waals surface area contributed by atoms with E-state index in [2.05, 4.69) is 24.3 Å². The summed E-state index contributed by atoms with van der Waals surface area (Å²) in [6.45, 7) is 4.48. The van der Waals surface area contributed by atoms with Crippen LogP contribution in [0.25, 0.3) is 0 Å². The molecule has 1 rings (SSSR count). The highest BCUT2D eigenvalue weighted by atomic mass is 32.2. The molecule has 0 amide bonds. The zero-order valence-electron chi connectivity index (χ0n) is 12.6. The van der Waals surface area contributed by atoms with Gasteiger partial charge in [0.25, 0.3) is 0 Å². The van der Waals surface area contributed by atoms with Crippen LogP contribution in [0.1, 0.15) is 25.7 Å². The number of sulfonamides is 1. The molecule has 1 saturated heterocycles. The minimum atomic E-state index is -3.01. The van der Waals surface area contributed by atoms with Crippen molar-refractivity contribution in [2.45, 2.75) is 25.7 Å². The molecule has 0 spiro atoms. The van der Waals surface area contributed by atoms with E-state index in [4.69, 9.17) is 0 Å². The first-order valence-electron chi connectivity index (χ1n) is 7.20. The molecule has 1 fully saturated rings. The van der Waals surface area contributed by atoms with E-state index in [1.165, 1.54) is 19.1 Å². The van der Waals surface area contributed by atoms with E-state index >= 15 is 0 Å². The van der Waals surface area contributed by atoms with Crippen molar-refractivity contribution in [3.63, 3.8) is 0 Å². The summed E-state index contributed by atoms with van der Waals surface area (Å²) >= 11 is 0. The number of rotatable bonds is 8. The van der Waals surface area contributed by atoms with Gasteiger partial charge in [-0.25, -0.2) is 12.7 Å². The molecule has 5 nitrogen and oxygen atoms in total. The van der Waals surface area contributed by atoms with E-state index in [-0.39, 0.29) is 0 Å². The molecule has 1 atom stereocenters. The summed E-state index contributed by atoms with van der Waals surface area (Å²) in [4.78, 5) is 2.20. The monoisotopic (exact) mass is 291 g/mol. The third-order valence-electron chi connectivity index (χ3n) is 3.59. The molecule has 1 aliphatic heterocycles. The van der Waals surface area contributed by atoms with Crippen molar-refractivity contribution < 1.29 is 8.42 Å². The highest BCUT2D eigenvalue weighted by Gasteiger charge is 2.25. The van der Waals surface area contributed by atoms with E-state index in [0.29, 0.717) is 19.0 Å². The maximum Gasteiger partial charge on any atom is 0.211 e. The molecular formula is C13H29N3O2S. The molecular weight excluding hydrogens is 262 g/mol. The van der Waals surface area contributed by atoms with Gasteiger partial charge in [-0.15, -0.1) is 0 Å². The normalized spacial score (nSPS) is 22.0. The number of piperidine rings is 1. The van der Waals surface area contributed by atoms with Crippen LogP contribution in [0.4, 0.5) is 0 Å². The number of hydrogen-bond donors (Lipinski definition) is 1. The predicted octanol–water partition coefficient (Wildman–Crippen LogP) is 0.589. The van der Waals surface area contributed by atoms with Gasteiger partial charge in [-0.3, -0.25) is 0 Å². The Bertz CT molecular complexity index is 344. The maximum absolute atomic E-state index is 11.5. The van der Waals surface area contributed by atoms with Crippen LogP contribution in [0.2, 0.25) is 0 Å². The van der Waals surface area contributed by atoms with Crippen molar-refractivity contribution in [3.05, 3.63) is 0 Å². The second-order valence-electron chi connectivity index (χ2n) is 5.84. The molecule has 0 aromatic carbocycles. The fourth-order valence-electron chi connectivity index (χ4n) is 2.48. The molecule has 1 N–H and O–H groups in total. The minimum absolute atomic E-state index is 0.470. The SMILES string of the molecule is CN(C)CCCCNCC1CCCN(S(C)(=O)=O)C1. The van der Waals surface area contributed by atoms with Crippen LogP contribution in [-0.4, -0.2) is 70.7 Å². The minimum Gasteiger partial charge on any atom is -0.316 e. The standard InChI is InChI=1S/C13H29N3O2S/c1-15(2)9-5-4-8-14-11-13-7-6-10-16(12-13)19(3,17)18/h13-14H,4-12H2,1-3H3. The Morgan fingerprint density at radius 3 is 2.68 bits per heavy atom. The van der Waals surface area contributed by atoms with Crippen LogP contribution in [0.5, 0.6) is 0 Å². The Morgan fingerprint density at radius 2 is 2.05 bits per heavy atom. The quantitative estimate of drug-likeness (QED) is 0.665. The average molecular weight is 291 g/mol. The summed E-state index contributed by atoms with van der Waals surface area (Å²) in [7, 11) is 1.18. The topological polar surface area (TPSA) is 52.6 Å². The molecule has 0 aromatic heterocycles. The van der Waals surface area contributed by atoms with E-state index in [9.17, 15) is 8.42 Å². The summed E-state index contributed by atoms with van der Waals surface area (Å²) in [5.74, 6) is 0.470. The van der Waals surface area contributed by atoms with Crippen molar-refractivity contribution in [2.24, 2.45) is 5.92 Å². The second-order valence-corrected chi connectivity index (χ2v) is 7.83. The summed E-state index contributed by atoms with van der Waals surface area (Å²) < 4.78 is 24.6. The number of nitrogens with one attached hydrogen (secondary N) is 1. The summed E-state index contributed by atoms with van der Waals surface area (Å²) in [5, 5.41) is 3.46. The first kappa shape index (κ1) is 16.9. The zero-order valence-corrected chi connectivity index (χ0v) is 13.4. The van der Waals surface area contributed by atoms with E-state index in [0.717, 1.165) is 32.5 Å². The largest absolute Gasteiger partial charge is 0.316 e. The first-order valence-corrected chi connectivity index (χ1v) is 9.05. The summed E-state index contributed by atoms with van der Waals surface area (Å²) in [5.41, 5.74) is 0. The van der Waals surface area contributed by atoms with E-state index < -0.39 is 10.0 Å². The van der Waals surface area contributed by atoms with Gasteiger partial charge >= 0.3 is 0 Å². The fourth-order valence-corrected chi connectivity index (χ4v) is 3.42.